The Bertz CT molecular complexity index is 147. The molecule has 0 amide bonds. The Morgan fingerprint density at radius 3 is 2.11 bits per heavy atom. The van der Waals surface area contributed by atoms with Crippen molar-refractivity contribution >= 4 is 34.6 Å². The van der Waals surface area contributed by atoms with Gasteiger partial charge in [0.05, 0.1) is 0 Å². The molecule has 0 aliphatic rings. The number of hydrogen-bond acceptors (Lipinski definition) is 3. The minimum atomic E-state index is -2.58. The minimum absolute atomic E-state index is 0. The second kappa shape index (κ2) is 6.34. The molecule has 0 rings (SSSR count). The van der Waals surface area contributed by atoms with E-state index >= 15 is 0 Å². The van der Waals surface area contributed by atoms with Crippen LogP contribution in [0.2, 0.25) is 0 Å². The summed E-state index contributed by atoms with van der Waals surface area (Å²) in [5.74, 6) is 0. The predicted molar refractivity (Wildman–Crippen MR) is 40.1 cm³/mol. The molecule has 0 heterocycles. The van der Waals surface area contributed by atoms with Crippen LogP contribution in [0.3, 0.4) is 0 Å². The molecular formula is C4H10LiNO2S. The first-order valence-electron chi connectivity index (χ1n) is 2.40. The van der Waals surface area contributed by atoms with E-state index in [4.69, 9.17) is 5.41 Å². The van der Waals surface area contributed by atoms with Gasteiger partial charge in [0, 0.05) is 0 Å². The van der Waals surface area contributed by atoms with Crippen LogP contribution in [0.5, 0.6) is 0 Å². The Balaban J connectivity index is 0. The summed E-state index contributed by atoms with van der Waals surface area (Å²) in [5, 5.41) is 6.58. The molecule has 0 bridgehead atoms. The van der Waals surface area contributed by atoms with Gasteiger partial charge in [-0.1, -0.05) is 6.92 Å². The summed E-state index contributed by atoms with van der Waals surface area (Å²) in [6.45, 7) is 1.84. The van der Waals surface area contributed by atoms with Gasteiger partial charge in [0.25, 0.3) is 0 Å². The zero-order chi connectivity index (χ0) is 6.57. The zero-order valence-electron chi connectivity index (χ0n) is 4.68. The van der Waals surface area contributed by atoms with Crippen molar-refractivity contribution < 1.29 is 8.42 Å². The van der Waals surface area contributed by atoms with Crippen molar-refractivity contribution in [1.82, 2.24) is 0 Å². The molecule has 5 heteroatoms. The molecule has 0 saturated heterocycles. The van der Waals surface area contributed by atoms with Gasteiger partial charge in [0.1, 0.15) is 5.04 Å². The first-order valence-corrected chi connectivity index (χ1v) is 3.58. The Labute approximate surface area is 68.5 Å². The fourth-order valence-corrected chi connectivity index (χ4v) is 0.734. The van der Waals surface area contributed by atoms with E-state index in [0.29, 0.717) is 6.42 Å². The first-order chi connectivity index (χ1) is 3.68. The monoisotopic (exact) mass is 143 g/mol. The van der Waals surface area contributed by atoms with Crippen molar-refractivity contribution in [3.8, 4) is 0 Å². The van der Waals surface area contributed by atoms with E-state index in [9.17, 15) is 8.42 Å². The van der Waals surface area contributed by atoms with Crippen LogP contribution in [0.15, 0.2) is 0 Å². The van der Waals surface area contributed by atoms with Crippen LogP contribution in [0.1, 0.15) is 19.8 Å². The second-order valence-corrected chi connectivity index (χ2v) is 2.51. The molecule has 0 aromatic heterocycles. The summed E-state index contributed by atoms with van der Waals surface area (Å²) in [5.41, 5.74) is 0. The molecular weight excluding hydrogens is 133 g/mol. The van der Waals surface area contributed by atoms with Gasteiger partial charge in [-0.15, -0.1) is 0 Å². The zero-order valence-corrected chi connectivity index (χ0v) is 5.57. The van der Waals surface area contributed by atoms with Gasteiger partial charge in [-0.05, 0) is 12.8 Å². The van der Waals surface area contributed by atoms with E-state index in [1.54, 1.807) is 0 Å². The standard InChI is InChI=1S/C4H9NO2S.Li.H/c1-2-3-4(5)8(6)7;;/h5,8H,2-3H2,1H3;;. The molecule has 0 spiro atoms. The Kier molecular flexibility index (Phi) is 8.42. The molecule has 0 saturated carbocycles. The summed E-state index contributed by atoms with van der Waals surface area (Å²) < 4.78 is 19.8. The van der Waals surface area contributed by atoms with Gasteiger partial charge in [0.15, 0.2) is 10.7 Å². The van der Waals surface area contributed by atoms with Gasteiger partial charge in [-0.25, -0.2) is 8.42 Å². The maximum absolute atomic E-state index is 9.90. The summed E-state index contributed by atoms with van der Waals surface area (Å²) in [6.07, 6.45) is 1.10. The van der Waals surface area contributed by atoms with Crippen molar-refractivity contribution in [2.75, 3.05) is 0 Å². The Morgan fingerprint density at radius 1 is 1.56 bits per heavy atom. The normalized spacial score (nSPS) is 8.67. The second-order valence-electron chi connectivity index (χ2n) is 1.45. The molecule has 0 aromatic carbocycles. The number of nitrogens with one attached hydrogen (secondary N) is 1. The SMILES string of the molecule is CCCC(=N)[SH](=O)=O.[LiH]. The Morgan fingerprint density at radius 2 is 2.00 bits per heavy atom. The van der Waals surface area contributed by atoms with E-state index in [1.165, 1.54) is 0 Å². The molecule has 0 atom stereocenters. The average Bonchev–Trinajstić information content (AvgIpc) is 1.67. The molecule has 3 nitrogen and oxygen atoms in total. The summed E-state index contributed by atoms with van der Waals surface area (Å²) in [4.78, 5) is 0. The van der Waals surface area contributed by atoms with Crippen molar-refractivity contribution in [3.05, 3.63) is 0 Å². The molecule has 0 unspecified atom stereocenters. The fourth-order valence-electron chi connectivity index (χ4n) is 0.328. The van der Waals surface area contributed by atoms with Crippen LogP contribution < -0.4 is 0 Å². The van der Waals surface area contributed by atoms with E-state index < -0.39 is 10.7 Å². The number of rotatable bonds is 2. The van der Waals surface area contributed by atoms with Crippen molar-refractivity contribution in [3.63, 3.8) is 0 Å². The molecule has 0 aromatic rings. The van der Waals surface area contributed by atoms with Crippen LogP contribution >= 0.6 is 0 Å². The van der Waals surface area contributed by atoms with Gasteiger partial charge < -0.3 is 0 Å². The van der Waals surface area contributed by atoms with E-state index in [0.717, 1.165) is 6.42 Å². The number of thiol groups is 1. The first kappa shape index (κ1) is 11.9. The quantitative estimate of drug-likeness (QED) is 0.242. The Hall–Kier alpha value is 0.217. The summed E-state index contributed by atoms with van der Waals surface area (Å²) in [6, 6.07) is 0. The van der Waals surface area contributed by atoms with Gasteiger partial charge in [-0.3, -0.25) is 5.41 Å². The van der Waals surface area contributed by atoms with E-state index in [-0.39, 0.29) is 23.9 Å². The third-order valence-corrected chi connectivity index (χ3v) is 1.37. The molecule has 0 aliphatic heterocycles. The van der Waals surface area contributed by atoms with Crippen LogP contribution in [0.25, 0.3) is 0 Å². The third kappa shape index (κ3) is 6.10. The van der Waals surface area contributed by atoms with Crippen LogP contribution in [-0.2, 0) is 10.7 Å². The summed E-state index contributed by atoms with van der Waals surface area (Å²) in [7, 11) is -2.58. The van der Waals surface area contributed by atoms with E-state index in [2.05, 4.69) is 0 Å². The van der Waals surface area contributed by atoms with Crippen molar-refractivity contribution in [1.29, 1.82) is 5.41 Å². The molecule has 0 aliphatic carbocycles. The average molecular weight is 143 g/mol. The predicted octanol–water partition coefficient (Wildman–Crippen LogP) is -0.273. The van der Waals surface area contributed by atoms with Gasteiger partial charge in [-0.2, -0.15) is 0 Å². The molecule has 50 valence electrons. The van der Waals surface area contributed by atoms with E-state index in [1.807, 2.05) is 6.92 Å². The fraction of sp³-hybridized carbons (Fsp3) is 0.750. The van der Waals surface area contributed by atoms with Crippen LogP contribution in [0, 0.1) is 5.41 Å². The summed E-state index contributed by atoms with van der Waals surface area (Å²) >= 11 is 0. The molecule has 9 heavy (non-hydrogen) atoms. The van der Waals surface area contributed by atoms with Crippen LogP contribution in [0.4, 0.5) is 0 Å². The molecule has 1 N–H and O–H groups in total. The van der Waals surface area contributed by atoms with Crippen LogP contribution in [-0.4, -0.2) is 32.3 Å². The van der Waals surface area contributed by atoms with Gasteiger partial charge >= 0.3 is 18.9 Å². The maximum atomic E-state index is 9.90. The number of hydrogen-bond donors (Lipinski definition) is 2. The molecule has 0 radical (unpaired) electrons. The van der Waals surface area contributed by atoms with Gasteiger partial charge in [0.2, 0.25) is 0 Å². The van der Waals surface area contributed by atoms with Crippen molar-refractivity contribution in [2.24, 2.45) is 0 Å². The molecule has 0 fully saturated rings. The van der Waals surface area contributed by atoms with Crippen molar-refractivity contribution in [2.45, 2.75) is 19.8 Å². The third-order valence-electron chi connectivity index (χ3n) is 0.707. The topological polar surface area (TPSA) is 58.0 Å².